The van der Waals surface area contributed by atoms with Gasteiger partial charge in [0.05, 0.1) is 6.10 Å². The van der Waals surface area contributed by atoms with Gasteiger partial charge < -0.3 is 15.0 Å². The van der Waals surface area contributed by atoms with Gasteiger partial charge in [0.1, 0.15) is 0 Å². The van der Waals surface area contributed by atoms with Crippen molar-refractivity contribution < 1.29 is 4.74 Å². The van der Waals surface area contributed by atoms with Gasteiger partial charge in [-0.25, -0.2) is 0 Å². The van der Waals surface area contributed by atoms with Gasteiger partial charge in [0.25, 0.3) is 5.56 Å². The number of aromatic nitrogens is 1. The summed E-state index contributed by atoms with van der Waals surface area (Å²) in [7, 11) is 0. The van der Waals surface area contributed by atoms with E-state index in [4.69, 9.17) is 4.74 Å². The first-order chi connectivity index (χ1) is 10.2. The van der Waals surface area contributed by atoms with Crippen molar-refractivity contribution >= 4 is 10.9 Å². The maximum Gasteiger partial charge on any atom is 0.252 e. The van der Waals surface area contributed by atoms with Crippen LogP contribution in [0, 0.1) is 0 Å². The van der Waals surface area contributed by atoms with E-state index < -0.39 is 0 Å². The quantitative estimate of drug-likeness (QED) is 0.734. The van der Waals surface area contributed by atoms with Gasteiger partial charge in [-0.05, 0) is 50.8 Å². The van der Waals surface area contributed by atoms with Gasteiger partial charge in [-0.2, -0.15) is 0 Å². The minimum atomic E-state index is -0.00987. The third kappa shape index (κ3) is 4.99. The fraction of sp³-hybridized carbons (Fsp3) is 0.471. The molecule has 4 nitrogen and oxygen atoms in total. The lowest BCUT2D eigenvalue weighted by Crippen LogP contribution is -2.22. The van der Waals surface area contributed by atoms with Gasteiger partial charge in [-0.15, -0.1) is 0 Å². The van der Waals surface area contributed by atoms with Crippen LogP contribution in [0.2, 0.25) is 0 Å². The van der Waals surface area contributed by atoms with Crippen LogP contribution in [-0.4, -0.2) is 24.2 Å². The van der Waals surface area contributed by atoms with Crippen LogP contribution in [0.5, 0.6) is 0 Å². The maximum atomic E-state index is 12.0. The van der Waals surface area contributed by atoms with Crippen molar-refractivity contribution in [1.82, 2.24) is 10.3 Å². The van der Waals surface area contributed by atoms with E-state index in [2.05, 4.69) is 10.3 Å². The molecule has 1 aromatic carbocycles. The Kier molecular flexibility index (Phi) is 5.96. The molecule has 0 fully saturated rings. The number of hydrogen-bond acceptors (Lipinski definition) is 3. The highest BCUT2D eigenvalue weighted by Crippen LogP contribution is 2.09. The largest absolute Gasteiger partial charge is 0.379 e. The Balaban J connectivity index is 1.78. The van der Waals surface area contributed by atoms with Gasteiger partial charge in [0.15, 0.2) is 0 Å². The van der Waals surface area contributed by atoms with E-state index in [1.807, 2.05) is 44.2 Å². The van der Waals surface area contributed by atoms with Crippen molar-refractivity contribution in [2.75, 3.05) is 13.2 Å². The fourth-order valence-electron chi connectivity index (χ4n) is 2.22. The van der Waals surface area contributed by atoms with Crippen LogP contribution in [-0.2, 0) is 11.3 Å². The van der Waals surface area contributed by atoms with E-state index in [9.17, 15) is 4.79 Å². The molecule has 0 radical (unpaired) electrons. The molecule has 0 bridgehead atoms. The number of fused-ring (bicyclic) bond motifs is 1. The van der Waals surface area contributed by atoms with Crippen LogP contribution in [0.3, 0.4) is 0 Å². The minimum absolute atomic E-state index is 0.00987. The fourth-order valence-corrected chi connectivity index (χ4v) is 2.22. The average molecular weight is 288 g/mol. The SMILES string of the molecule is CC(C)OCCCCNCc1cc2ccccc2[nH]c1=O. The van der Waals surface area contributed by atoms with E-state index in [1.54, 1.807) is 0 Å². The first kappa shape index (κ1) is 15.7. The molecule has 114 valence electrons. The Morgan fingerprint density at radius 1 is 1.24 bits per heavy atom. The summed E-state index contributed by atoms with van der Waals surface area (Å²) in [5.41, 5.74) is 1.66. The zero-order valence-electron chi connectivity index (χ0n) is 12.8. The van der Waals surface area contributed by atoms with Crippen LogP contribution < -0.4 is 10.9 Å². The van der Waals surface area contributed by atoms with Gasteiger partial charge in [-0.3, -0.25) is 4.79 Å². The zero-order chi connectivity index (χ0) is 15.1. The lowest BCUT2D eigenvalue weighted by atomic mass is 10.1. The number of pyridine rings is 1. The summed E-state index contributed by atoms with van der Waals surface area (Å²) < 4.78 is 5.49. The Morgan fingerprint density at radius 2 is 2.05 bits per heavy atom. The van der Waals surface area contributed by atoms with Gasteiger partial charge in [0, 0.05) is 24.2 Å². The predicted molar refractivity (Wildman–Crippen MR) is 86.6 cm³/mol. The van der Waals surface area contributed by atoms with E-state index in [-0.39, 0.29) is 5.56 Å². The average Bonchev–Trinajstić information content (AvgIpc) is 2.46. The number of rotatable bonds is 8. The van der Waals surface area contributed by atoms with E-state index >= 15 is 0 Å². The molecular weight excluding hydrogens is 264 g/mol. The molecule has 0 aliphatic rings. The van der Waals surface area contributed by atoms with Crippen LogP contribution in [0.25, 0.3) is 10.9 Å². The summed E-state index contributed by atoms with van der Waals surface area (Å²) in [6.07, 6.45) is 2.39. The summed E-state index contributed by atoms with van der Waals surface area (Å²) in [5.74, 6) is 0. The van der Waals surface area contributed by atoms with Crippen molar-refractivity contribution in [2.24, 2.45) is 0 Å². The minimum Gasteiger partial charge on any atom is -0.379 e. The van der Waals surface area contributed by atoms with Crippen molar-refractivity contribution in [2.45, 2.75) is 39.3 Å². The number of benzene rings is 1. The smallest absolute Gasteiger partial charge is 0.252 e. The number of nitrogens with one attached hydrogen (secondary N) is 2. The lowest BCUT2D eigenvalue weighted by Gasteiger charge is -2.08. The second-order valence-electron chi connectivity index (χ2n) is 5.51. The van der Waals surface area contributed by atoms with E-state index in [0.717, 1.165) is 42.5 Å². The summed E-state index contributed by atoms with van der Waals surface area (Å²) >= 11 is 0. The van der Waals surface area contributed by atoms with Crippen LogP contribution in [0.1, 0.15) is 32.3 Å². The highest BCUT2D eigenvalue weighted by atomic mass is 16.5. The third-order valence-electron chi connectivity index (χ3n) is 3.34. The van der Waals surface area contributed by atoms with Crippen molar-refractivity contribution in [1.29, 1.82) is 0 Å². The Labute approximate surface area is 125 Å². The topological polar surface area (TPSA) is 54.1 Å². The molecule has 2 aromatic rings. The molecular formula is C17H24N2O2. The number of ether oxygens (including phenoxy) is 1. The second kappa shape index (κ2) is 7.96. The standard InChI is InChI=1S/C17H24N2O2/c1-13(2)21-10-6-5-9-18-12-15-11-14-7-3-4-8-16(14)19-17(15)20/h3-4,7-8,11,13,18H,5-6,9-10,12H2,1-2H3,(H,19,20). The molecule has 21 heavy (non-hydrogen) atoms. The van der Waals surface area contributed by atoms with Crippen LogP contribution in [0.15, 0.2) is 35.1 Å². The molecule has 1 aromatic heterocycles. The number of unbranched alkanes of at least 4 members (excludes halogenated alkanes) is 1. The van der Waals surface area contributed by atoms with E-state index in [1.165, 1.54) is 0 Å². The summed E-state index contributed by atoms with van der Waals surface area (Å²) in [6, 6.07) is 9.80. The summed E-state index contributed by atoms with van der Waals surface area (Å²) in [6.45, 7) is 6.39. The molecule has 0 aliphatic carbocycles. The van der Waals surface area contributed by atoms with Crippen LogP contribution >= 0.6 is 0 Å². The molecule has 0 unspecified atom stereocenters. The highest BCUT2D eigenvalue weighted by Gasteiger charge is 2.02. The number of H-pyrrole nitrogens is 1. The van der Waals surface area contributed by atoms with Gasteiger partial charge in [0.2, 0.25) is 0 Å². The normalized spacial score (nSPS) is 11.4. The van der Waals surface area contributed by atoms with Gasteiger partial charge >= 0.3 is 0 Å². The monoisotopic (exact) mass is 288 g/mol. The Morgan fingerprint density at radius 3 is 2.86 bits per heavy atom. The molecule has 0 saturated heterocycles. The van der Waals surface area contributed by atoms with Crippen LogP contribution in [0.4, 0.5) is 0 Å². The molecule has 4 heteroatoms. The second-order valence-corrected chi connectivity index (χ2v) is 5.51. The molecule has 2 N–H and O–H groups in total. The first-order valence-corrected chi connectivity index (χ1v) is 7.60. The molecule has 1 heterocycles. The van der Waals surface area contributed by atoms with Crippen molar-refractivity contribution in [3.8, 4) is 0 Å². The molecule has 0 spiro atoms. The molecule has 0 aliphatic heterocycles. The first-order valence-electron chi connectivity index (χ1n) is 7.60. The number of hydrogen-bond donors (Lipinski definition) is 2. The summed E-state index contributed by atoms with van der Waals surface area (Å²) in [5, 5.41) is 4.39. The van der Waals surface area contributed by atoms with E-state index in [0.29, 0.717) is 12.6 Å². The third-order valence-corrected chi connectivity index (χ3v) is 3.34. The lowest BCUT2D eigenvalue weighted by molar-refractivity contribution is 0.0760. The summed E-state index contributed by atoms with van der Waals surface area (Å²) in [4.78, 5) is 14.9. The highest BCUT2D eigenvalue weighted by molar-refractivity contribution is 5.78. The Hall–Kier alpha value is -1.65. The number of para-hydroxylation sites is 1. The maximum absolute atomic E-state index is 12.0. The zero-order valence-corrected chi connectivity index (χ0v) is 12.8. The number of aromatic amines is 1. The predicted octanol–water partition coefficient (Wildman–Crippen LogP) is 2.82. The van der Waals surface area contributed by atoms with Gasteiger partial charge in [-0.1, -0.05) is 18.2 Å². The molecule has 0 amide bonds. The van der Waals surface area contributed by atoms with Crippen molar-refractivity contribution in [3.05, 3.63) is 46.2 Å². The molecule has 0 saturated carbocycles. The Bertz CT molecular complexity index is 619. The molecule has 2 rings (SSSR count). The molecule has 0 atom stereocenters. The van der Waals surface area contributed by atoms with Crippen molar-refractivity contribution in [3.63, 3.8) is 0 Å².